The van der Waals surface area contributed by atoms with Gasteiger partial charge >= 0.3 is 0 Å². The summed E-state index contributed by atoms with van der Waals surface area (Å²) in [6.07, 6.45) is 5.63. The molecule has 0 bridgehead atoms. The highest BCUT2D eigenvalue weighted by molar-refractivity contribution is 5.02. The monoisotopic (exact) mass is 223 g/mol. The fraction of sp³-hybridized carbons (Fsp3) is 0.929. The first-order chi connectivity index (χ1) is 7.53. The molecule has 1 unspecified atom stereocenters. The fourth-order valence-electron chi connectivity index (χ4n) is 2.85. The van der Waals surface area contributed by atoms with E-state index >= 15 is 0 Å². The summed E-state index contributed by atoms with van der Waals surface area (Å²) in [7, 11) is 1.73. The number of nitriles is 1. The molecule has 1 aliphatic rings. The quantitative estimate of drug-likeness (QED) is 0.727. The van der Waals surface area contributed by atoms with Crippen LogP contribution in [0.3, 0.4) is 0 Å². The van der Waals surface area contributed by atoms with Gasteiger partial charge in [-0.15, -0.1) is 0 Å². The van der Waals surface area contributed by atoms with E-state index in [1.807, 2.05) is 0 Å². The van der Waals surface area contributed by atoms with Crippen LogP contribution in [-0.4, -0.2) is 13.2 Å². The largest absolute Gasteiger partial charge is 0.382 e. The second-order valence-corrected chi connectivity index (χ2v) is 5.72. The molecule has 2 nitrogen and oxygen atoms in total. The third-order valence-corrected chi connectivity index (χ3v) is 4.25. The SMILES string of the molecule is COC(C)CC1(C#N)CCC(C(C)C)CC1. The molecule has 0 aromatic rings. The van der Waals surface area contributed by atoms with Gasteiger partial charge in [-0.2, -0.15) is 5.26 Å². The first kappa shape index (κ1) is 13.5. The molecule has 0 heterocycles. The summed E-state index contributed by atoms with van der Waals surface area (Å²) >= 11 is 0. The van der Waals surface area contributed by atoms with Crippen LogP contribution in [0, 0.1) is 28.6 Å². The lowest BCUT2D eigenvalue weighted by Gasteiger charge is -2.37. The summed E-state index contributed by atoms with van der Waals surface area (Å²) in [5.74, 6) is 1.58. The average Bonchev–Trinajstić information content (AvgIpc) is 2.29. The van der Waals surface area contributed by atoms with E-state index in [1.54, 1.807) is 7.11 Å². The minimum Gasteiger partial charge on any atom is -0.382 e. The molecule has 0 aromatic carbocycles. The molecule has 0 aliphatic heterocycles. The van der Waals surface area contributed by atoms with Crippen LogP contribution in [0.2, 0.25) is 0 Å². The third kappa shape index (κ3) is 3.22. The van der Waals surface area contributed by atoms with Gasteiger partial charge < -0.3 is 4.74 Å². The fourth-order valence-corrected chi connectivity index (χ4v) is 2.85. The van der Waals surface area contributed by atoms with Crippen LogP contribution < -0.4 is 0 Å². The Bertz CT molecular complexity index is 246. The number of rotatable bonds is 4. The van der Waals surface area contributed by atoms with Gasteiger partial charge in [0.05, 0.1) is 17.6 Å². The molecule has 2 heteroatoms. The van der Waals surface area contributed by atoms with Crippen molar-refractivity contribution in [2.24, 2.45) is 17.3 Å². The van der Waals surface area contributed by atoms with Gasteiger partial charge in [-0.3, -0.25) is 0 Å². The zero-order valence-corrected chi connectivity index (χ0v) is 11.1. The third-order valence-electron chi connectivity index (χ3n) is 4.25. The van der Waals surface area contributed by atoms with Crippen LogP contribution in [0.1, 0.15) is 52.9 Å². The first-order valence-corrected chi connectivity index (χ1v) is 6.47. The number of hydrogen-bond acceptors (Lipinski definition) is 2. The number of hydrogen-bond donors (Lipinski definition) is 0. The lowest BCUT2D eigenvalue weighted by molar-refractivity contribution is 0.0577. The molecule has 1 rings (SSSR count). The number of methoxy groups -OCH3 is 1. The average molecular weight is 223 g/mol. The predicted molar refractivity (Wildman–Crippen MR) is 65.9 cm³/mol. The maximum absolute atomic E-state index is 9.41. The van der Waals surface area contributed by atoms with Crippen molar-refractivity contribution in [3.63, 3.8) is 0 Å². The Morgan fingerprint density at radius 3 is 2.25 bits per heavy atom. The first-order valence-electron chi connectivity index (χ1n) is 6.47. The molecule has 1 aliphatic carbocycles. The Morgan fingerprint density at radius 2 is 1.88 bits per heavy atom. The Kier molecular flexibility index (Phi) is 4.80. The van der Waals surface area contributed by atoms with E-state index in [0.717, 1.165) is 31.1 Å². The van der Waals surface area contributed by atoms with Gasteiger partial charge in [0.2, 0.25) is 0 Å². The van der Waals surface area contributed by atoms with Gasteiger partial charge in [-0.05, 0) is 50.9 Å². The summed E-state index contributed by atoms with van der Waals surface area (Å²) in [6, 6.07) is 2.56. The second-order valence-electron chi connectivity index (χ2n) is 5.72. The highest BCUT2D eigenvalue weighted by Crippen LogP contribution is 2.44. The lowest BCUT2D eigenvalue weighted by atomic mass is 9.66. The van der Waals surface area contributed by atoms with Crippen molar-refractivity contribution in [2.75, 3.05) is 7.11 Å². The van der Waals surface area contributed by atoms with Gasteiger partial charge in [-0.1, -0.05) is 13.8 Å². The van der Waals surface area contributed by atoms with E-state index in [9.17, 15) is 5.26 Å². The highest BCUT2D eigenvalue weighted by Gasteiger charge is 2.37. The van der Waals surface area contributed by atoms with Crippen LogP contribution in [0.5, 0.6) is 0 Å². The maximum atomic E-state index is 9.41. The van der Waals surface area contributed by atoms with Gasteiger partial charge in [0.1, 0.15) is 0 Å². The Balaban J connectivity index is 2.55. The van der Waals surface area contributed by atoms with Crippen molar-refractivity contribution in [3.8, 4) is 6.07 Å². The van der Waals surface area contributed by atoms with Crippen molar-refractivity contribution in [1.29, 1.82) is 5.26 Å². The van der Waals surface area contributed by atoms with Crippen LogP contribution >= 0.6 is 0 Å². The summed E-state index contributed by atoms with van der Waals surface area (Å²) in [6.45, 7) is 6.65. The molecule has 1 atom stereocenters. The molecule has 0 saturated heterocycles. The van der Waals surface area contributed by atoms with Crippen LogP contribution in [0.25, 0.3) is 0 Å². The van der Waals surface area contributed by atoms with Gasteiger partial charge in [0, 0.05) is 7.11 Å². The van der Waals surface area contributed by atoms with E-state index in [-0.39, 0.29) is 11.5 Å². The summed E-state index contributed by atoms with van der Waals surface area (Å²) in [5, 5.41) is 9.41. The molecule has 0 radical (unpaired) electrons. The van der Waals surface area contributed by atoms with Gasteiger partial charge in [0.25, 0.3) is 0 Å². The molecule has 0 aromatic heterocycles. The topological polar surface area (TPSA) is 33.0 Å². The van der Waals surface area contributed by atoms with Crippen molar-refractivity contribution in [1.82, 2.24) is 0 Å². The molecule has 92 valence electrons. The molecular formula is C14H25NO. The second kappa shape index (κ2) is 5.68. The van der Waals surface area contributed by atoms with E-state index in [0.29, 0.717) is 0 Å². The van der Waals surface area contributed by atoms with Crippen molar-refractivity contribution in [2.45, 2.75) is 59.0 Å². The minimum absolute atomic E-state index is 0.110. The van der Waals surface area contributed by atoms with Crippen molar-refractivity contribution in [3.05, 3.63) is 0 Å². The Morgan fingerprint density at radius 1 is 1.31 bits per heavy atom. The van der Waals surface area contributed by atoms with E-state index in [2.05, 4.69) is 26.8 Å². The molecule has 16 heavy (non-hydrogen) atoms. The number of ether oxygens (including phenoxy) is 1. The number of nitrogens with zero attached hydrogens (tertiary/aromatic N) is 1. The Hall–Kier alpha value is -0.550. The van der Waals surface area contributed by atoms with E-state index < -0.39 is 0 Å². The van der Waals surface area contributed by atoms with E-state index in [1.165, 1.54) is 12.8 Å². The molecule has 0 N–H and O–H groups in total. The maximum Gasteiger partial charge on any atom is 0.0690 e. The van der Waals surface area contributed by atoms with Crippen LogP contribution in [0.15, 0.2) is 0 Å². The smallest absolute Gasteiger partial charge is 0.0690 e. The Labute approximate surface area is 100.0 Å². The molecule has 1 fully saturated rings. The normalized spacial score (nSPS) is 32.4. The summed E-state index contributed by atoms with van der Waals surface area (Å²) < 4.78 is 5.30. The molecule has 0 spiro atoms. The zero-order valence-electron chi connectivity index (χ0n) is 11.1. The minimum atomic E-state index is -0.110. The summed E-state index contributed by atoms with van der Waals surface area (Å²) in [5.41, 5.74) is -0.110. The van der Waals surface area contributed by atoms with Crippen LogP contribution in [-0.2, 0) is 4.74 Å². The summed E-state index contributed by atoms with van der Waals surface area (Å²) in [4.78, 5) is 0. The highest BCUT2D eigenvalue weighted by atomic mass is 16.5. The zero-order chi connectivity index (χ0) is 12.2. The van der Waals surface area contributed by atoms with Gasteiger partial charge in [-0.25, -0.2) is 0 Å². The standard InChI is InChI=1S/C14H25NO/c1-11(2)13-5-7-14(10-15,8-6-13)9-12(3)16-4/h11-13H,5-9H2,1-4H3. The molecular weight excluding hydrogens is 198 g/mol. The van der Waals surface area contributed by atoms with Gasteiger partial charge in [0.15, 0.2) is 0 Å². The lowest BCUT2D eigenvalue weighted by Crippen LogP contribution is -2.31. The predicted octanol–water partition coefficient (Wildman–Crippen LogP) is 3.77. The van der Waals surface area contributed by atoms with Crippen molar-refractivity contribution >= 4 is 0 Å². The molecule has 0 amide bonds. The molecule has 1 saturated carbocycles. The van der Waals surface area contributed by atoms with Crippen LogP contribution in [0.4, 0.5) is 0 Å². The van der Waals surface area contributed by atoms with E-state index in [4.69, 9.17) is 4.74 Å². The van der Waals surface area contributed by atoms with Crippen molar-refractivity contribution < 1.29 is 4.74 Å².